The molecular formula is C15H17NO2. The number of furan rings is 1. The van der Waals surface area contributed by atoms with Gasteiger partial charge in [-0.1, -0.05) is 18.2 Å². The van der Waals surface area contributed by atoms with Crippen LogP contribution in [0, 0.1) is 0 Å². The first-order chi connectivity index (χ1) is 8.83. The van der Waals surface area contributed by atoms with Gasteiger partial charge >= 0.3 is 0 Å². The highest BCUT2D eigenvalue weighted by molar-refractivity contribution is 5.37. The van der Waals surface area contributed by atoms with Crippen LogP contribution in [0.3, 0.4) is 0 Å². The summed E-state index contributed by atoms with van der Waals surface area (Å²) in [6.07, 6.45) is 2.91. The van der Waals surface area contributed by atoms with E-state index in [9.17, 15) is 0 Å². The van der Waals surface area contributed by atoms with Crippen molar-refractivity contribution in [3.05, 3.63) is 54.0 Å². The third-order valence-corrected chi connectivity index (χ3v) is 3.34. The molecule has 0 radical (unpaired) electrons. The number of nitrogens with one attached hydrogen (secondary N) is 1. The van der Waals surface area contributed by atoms with Crippen molar-refractivity contribution in [2.75, 3.05) is 6.54 Å². The van der Waals surface area contributed by atoms with Crippen molar-refractivity contribution in [2.24, 2.45) is 0 Å². The maximum absolute atomic E-state index is 5.88. The van der Waals surface area contributed by atoms with E-state index in [-0.39, 0.29) is 12.1 Å². The molecule has 0 bridgehead atoms. The monoisotopic (exact) mass is 243 g/mol. The summed E-state index contributed by atoms with van der Waals surface area (Å²) in [4.78, 5) is 0. The Balaban J connectivity index is 1.54. The molecule has 3 nitrogen and oxygen atoms in total. The lowest BCUT2D eigenvalue weighted by Gasteiger charge is -2.15. The summed E-state index contributed by atoms with van der Waals surface area (Å²) in [5, 5.41) is 3.44. The van der Waals surface area contributed by atoms with Gasteiger partial charge in [-0.25, -0.2) is 0 Å². The highest BCUT2D eigenvalue weighted by Crippen LogP contribution is 2.28. The zero-order valence-corrected chi connectivity index (χ0v) is 10.4. The van der Waals surface area contributed by atoms with Gasteiger partial charge in [0, 0.05) is 13.0 Å². The Morgan fingerprint density at radius 3 is 2.94 bits per heavy atom. The predicted octanol–water partition coefficient (Wildman–Crippen LogP) is 2.93. The molecule has 2 aromatic rings. The van der Waals surface area contributed by atoms with Gasteiger partial charge in [0.1, 0.15) is 17.6 Å². The molecule has 1 N–H and O–H groups in total. The molecule has 0 aliphatic carbocycles. The fraction of sp³-hybridized carbons (Fsp3) is 0.333. The maximum Gasteiger partial charge on any atom is 0.123 e. The minimum absolute atomic E-state index is 0.215. The SMILES string of the molecule is C[C@@H](NCC1Cc2ccccc2O1)c1ccco1. The summed E-state index contributed by atoms with van der Waals surface area (Å²) in [7, 11) is 0. The van der Waals surface area contributed by atoms with E-state index < -0.39 is 0 Å². The summed E-state index contributed by atoms with van der Waals surface area (Å²) < 4.78 is 11.3. The van der Waals surface area contributed by atoms with Crippen LogP contribution in [-0.2, 0) is 6.42 Å². The zero-order chi connectivity index (χ0) is 12.4. The van der Waals surface area contributed by atoms with Gasteiger partial charge in [0.2, 0.25) is 0 Å². The summed E-state index contributed by atoms with van der Waals surface area (Å²) >= 11 is 0. The molecule has 1 aliphatic rings. The van der Waals surface area contributed by atoms with Crippen molar-refractivity contribution in [3.8, 4) is 5.75 Å². The van der Waals surface area contributed by atoms with Crippen molar-refractivity contribution in [3.63, 3.8) is 0 Å². The lowest BCUT2D eigenvalue weighted by atomic mass is 10.1. The third kappa shape index (κ3) is 2.27. The Morgan fingerprint density at radius 1 is 1.28 bits per heavy atom. The summed E-state index contributed by atoms with van der Waals surface area (Å²) in [5.74, 6) is 1.99. The first kappa shape index (κ1) is 11.4. The first-order valence-electron chi connectivity index (χ1n) is 6.34. The minimum atomic E-state index is 0.215. The van der Waals surface area contributed by atoms with E-state index in [1.165, 1.54) is 5.56 Å². The average molecular weight is 243 g/mol. The van der Waals surface area contributed by atoms with E-state index in [1.807, 2.05) is 24.3 Å². The van der Waals surface area contributed by atoms with E-state index in [0.29, 0.717) is 0 Å². The van der Waals surface area contributed by atoms with E-state index in [1.54, 1.807) is 6.26 Å². The smallest absolute Gasteiger partial charge is 0.123 e. The third-order valence-electron chi connectivity index (χ3n) is 3.34. The number of benzene rings is 1. The van der Waals surface area contributed by atoms with Gasteiger partial charge < -0.3 is 14.5 Å². The van der Waals surface area contributed by atoms with Crippen LogP contribution >= 0.6 is 0 Å². The molecule has 0 spiro atoms. The molecule has 3 rings (SSSR count). The molecule has 2 atom stereocenters. The molecule has 1 unspecified atom stereocenters. The van der Waals surface area contributed by atoms with Gasteiger partial charge in [-0.05, 0) is 30.7 Å². The molecule has 94 valence electrons. The Hall–Kier alpha value is -1.74. The van der Waals surface area contributed by atoms with Crippen LogP contribution < -0.4 is 10.1 Å². The van der Waals surface area contributed by atoms with Crippen LogP contribution in [0.25, 0.3) is 0 Å². The molecule has 0 saturated carbocycles. The second kappa shape index (κ2) is 4.86. The van der Waals surface area contributed by atoms with Crippen LogP contribution in [-0.4, -0.2) is 12.6 Å². The molecule has 0 saturated heterocycles. The predicted molar refractivity (Wildman–Crippen MR) is 69.7 cm³/mol. The topological polar surface area (TPSA) is 34.4 Å². The lowest BCUT2D eigenvalue weighted by molar-refractivity contribution is 0.220. The second-order valence-corrected chi connectivity index (χ2v) is 4.70. The van der Waals surface area contributed by atoms with Crippen LogP contribution in [0.2, 0.25) is 0 Å². The summed E-state index contributed by atoms with van der Waals surface area (Å²) in [6, 6.07) is 12.4. The number of hydrogen-bond acceptors (Lipinski definition) is 3. The minimum Gasteiger partial charge on any atom is -0.488 e. The quantitative estimate of drug-likeness (QED) is 0.896. The molecule has 0 amide bonds. The lowest BCUT2D eigenvalue weighted by Crippen LogP contribution is -2.31. The van der Waals surface area contributed by atoms with Crippen molar-refractivity contribution in [1.82, 2.24) is 5.32 Å². The molecule has 1 aromatic heterocycles. The van der Waals surface area contributed by atoms with Gasteiger partial charge in [0.25, 0.3) is 0 Å². The van der Waals surface area contributed by atoms with Gasteiger partial charge in [-0.3, -0.25) is 0 Å². The Labute approximate surface area is 107 Å². The fourth-order valence-corrected chi connectivity index (χ4v) is 2.31. The number of rotatable bonds is 4. The molecule has 1 aromatic carbocycles. The molecular weight excluding hydrogens is 226 g/mol. The maximum atomic E-state index is 5.88. The van der Waals surface area contributed by atoms with Crippen LogP contribution in [0.1, 0.15) is 24.3 Å². The van der Waals surface area contributed by atoms with Gasteiger partial charge in [0.15, 0.2) is 0 Å². The first-order valence-corrected chi connectivity index (χ1v) is 6.34. The number of hydrogen-bond donors (Lipinski definition) is 1. The Bertz CT molecular complexity index is 482. The van der Waals surface area contributed by atoms with Crippen molar-refractivity contribution >= 4 is 0 Å². The zero-order valence-electron chi connectivity index (χ0n) is 10.4. The number of fused-ring (bicyclic) bond motifs is 1. The van der Waals surface area contributed by atoms with E-state index in [2.05, 4.69) is 24.4 Å². The molecule has 18 heavy (non-hydrogen) atoms. The van der Waals surface area contributed by atoms with Crippen molar-refractivity contribution in [2.45, 2.75) is 25.5 Å². The van der Waals surface area contributed by atoms with Gasteiger partial charge in [0.05, 0.1) is 12.3 Å². The normalized spacial score (nSPS) is 19.3. The van der Waals surface area contributed by atoms with Crippen LogP contribution in [0.15, 0.2) is 47.1 Å². The Kier molecular flexibility index (Phi) is 3.07. The van der Waals surface area contributed by atoms with E-state index in [0.717, 1.165) is 24.5 Å². The van der Waals surface area contributed by atoms with E-state index in [4.69, 9.17) is 9.15 Å². The summed E-state index contributed by atoms with van der Waals surface area (Å²) in [6.45, 7) is 2.93. The molecule has 2 heterocycles. The average Bonchev–Trinajstić information content (AvgIpc) is 3.04. The molecule has 1 aliphatic heterocycles. The Morgan fingerprint density at radius 2 is 2.17 bits per heavy atom. The molecule has 0 fully saturated rings. The van der Waals surface area contributed by atoms with Crippen molar-refractivity contribution < 1.29 is 9.15 Å². The highest BCUT2D eigenvalue weighted by atomic mass is 16.5. The largest absolute Gasteiger partial charge is 0.488 e. The fourth-order valence-electron chi connectivity index (χ4n) is 2.31. The number of ether oxygens (including phenoxy) is 1. The van der Waals surface area contributed by atoms with Gasteiger partial charge in [-0.15, -0.1) is 0 Å². The standard InChI is InChI=1S/C15H17NO2/c1-11(14-7-4-8-17-14)16-10-13-9-12-5-2-3-6-15(12)18-13/h2-8,11,13,16H,9-10H2,1H3/t11-,13?/m1/s1. The highest BCUT2D eigenvalue weighted by Gasteiger charge is 2.22. The molecule has 3 heteroatoms. The van der Waals surface area contributed by atoms with Crippen LogP contribution in [0.4, 0.5) is 0 Å². The van der Waals surface area contributed by atoms with Gasteiger partial charge in [-0.2, -0.15) is 0 Å². The number of para-hydroxylation sites is 1. The summed E-state index contributed by atoms with van der Waals surface area (Å²) in [5.41, 5.74) is 1.30. The van der Waals surface area contributed by atoms with Crippen molar-refractivity contribution in [1.29, 1.82) is 0 Å². The van der Waals surface area contributed by atoms with E-state index >= 15 is 0 Å². The second-order valence-electron chi connectivity index (χ2n) is 4.70. The van der Waals surface area contributed by atoms with Crippen LogP contribution in [0.5, 0.6) is 5.75 Å².